The molecule has 0 aliphatic heterocycles. The van der Waals surface area contributed by atoms with Gasteiger partial charge in [0.1, 0.15) is 5.82 Å². The van der Waals surface area contributed by atoms with Gasteiger partial charge in [-0.05, 0) is 35.0 Å². The second-order valence-electron chi connectivity index (χ2n) is 6.70. The molecule has 4 rings (SSSR count). The van der Waals surface area contributed by atoms with E-state index in [1.165, 1.54) is 12.1 Å². The molecule has 0 saturated carbocycles. The highest BCUT2D eigenvalue weighted by Crippen LogP contribution is 2.36. The van der Waals surface area contributed by atoms with Crippen molar-refractivity contribution in [3.8, 4) is 17.1 Å². The zero-order chi connectivity index (χ0) is 25.8. The lowest BCUT2D eigenvalue weighted by molar-refractivity contribution is 0.811. The normalized spacial score (nSPS) is 17.7. The van der Waals surface area contributed by atoms with Crippen molar-refractivity contribution in [3.63, 3.8) is 0 Å². The molecule has 0 fully saturated rings. The van der Waals surface area contributed by atoms with Crippen LogP contribution in [0.3, 0.4) is 0 Å². The van der Waals surface area contributed by atoms with Gasteiger partial charge in [0.15, 0.2) is 0 Å². The van der Waals surface area contributed by atoms with Crippen LogP contribution >= 0.6 is 0 Å². The summed E-state index contributed by atoms with van der Waals surface area (Å²) in [6, 6.07) is 21.1. The number of aromatic nitrogens is 2. The van der Waals surface area contributed by atoms with Gasteiger partial charge in [-0.1, -0.05) is 88.2 Å². The molecule has 4 aromatic rings. The second-order valence-corrected chi connectivity index (χ2v) is 6.70. The third kappa shape index (κ3) is 3.06. The van der Waals surface area contributed by atoms with Gasteiger partial charge in [0.2, 0.25) is 0 Å². The molecule has 0 radical (unpaired) electrons. The minimum atomic E-state index is -3.18. The van der Waals surface area contributed by atoms with Gasteiger partial charge >= 0.3 is 0 Å². The summed E-state index contributed by atoms with van der Waals surface area (Å²) in [5.41, 5.74) is 2.33. The molecule has 0 N–H and O–H groups in total. The average Bonchev–Trinajstić information content (AvgIpc) is 3.16. The number of fused-ring (bicyclic) bond motifs is 1. The van der Waals surface area contributed by atoms with Crippen LogP contribution in [-0.4, -0.2) is 9.55 Å². The van der Waals surface area contributed by atoms with Gasteiger partial charge in [0.25, 0.3) is 0 Å². The summed E-state index contributed by atoms with van der Waals surface area (Å²) in [7, 11) is 0. The predicted molar refractivity (Wildman–Crippen MR) is 115 cm³/mol. The van der Waals surface area contributed by atoms with Gasteiger partial charge in [-0.3, -0.25) is 4.57 Å². The Morgan fingerprint density at radius 2 is 1.48 bits per heavy atom. The van der Waals surface area contributed by atoms with Crippen molar-refractivity contribution in [2.24, 2.45) is 0 Å². The van der Waals surface area contributed by atoms with E-state index >= 15 is 0 Å². The zero-order valence-corrected chi connectivity index (χ0v) is 15.3. The van der Waals surface area contributed by atoms with E-state index in [9.17, 15) is 0 Å². The van der Waals surface area contributed by atoms with Crippen molar-refractivity contribution in [1.82, 2.24) is 9.55 Å². The number of rotatable bonds is 4. The predicted octanol–water partition coefficient (Wildman–Crippen LogP) is 6.94. The molecule has 136 valence electrons. The van der Waals surface area contributed by atoms with Gasteiger partial charge in [-0.25, -0.2) is 4.98 Å². The molecular weight excluding hydrogens is 328 g/mol. The molecule has 27 heavy (non-hydrogen) atoms. The molecule has 3 aromatic carbocycles. The summed E-state index contributed by atoms with van der Waals surface area (Å²) in [6.45, 7) is -3.07. The lowest BCUT2D eigenvalue weighted by Crippen LogP contribution is -2.08. The molecule has 0 aliphatic carbocycles. The third-order valence-corrected chi connectivity index (χ3v) is 4.66. The topological polar surface area (TPSA) is 17.8 Å². The van der Waals surface area contributed by atoms with Gasteiger partial charge in [0.05, 0.1) is 16.7 Å². The van der Waals surface area contributed by atoms with Crippen molar-refractivity contribution >= 4 is 11.0 Å². The molecule has 2 nitrogen and oxygen atoms in total. The summed E-state index contributed by atoms with van der Waals surface area (Å²) in [5.74, 6) is -3.73. The Bertz CT molecular complexity index is 1350. The maximum atomic E-state index is 8.97. The highest BCUT2D eigenvalue weighted by molar-refractivity contribution is 5.84. The summed E-state index contributed by atoms with van der Waals surface area (Å²) < 4.78 is 68.2. The van der Waals surface area contributed by atoms with E-state index in [-0.39, 0.29) is 11.3 Å². The maximum Gasteiger partial charge on any atom is 0.145 e. The Hall–Kier alpha value is -2.87. The molecule has 0 unspecified atom stereocenters. The number of hydrogen-bond donors (Lipinski definition) is 0. The van der Waals surface area contributed by atoms with Gasteiger partial charge in [-0.15, -0.1) is 0 Å². The first-order valence-electron chi connectivity index (χ1n) is 12.9. The average molecular weight is 363 g/mol. The molecule has 2 heteroatoms. The lowest BCUT2D eigenvalue weighted by atomic mass is 9.92. The Morgan fingerprint density at radius 3 is 2.19 bits per heavy atom. The van der Waals surface area contributed by atoms with E-state index in [2.05, 4.69) is 0 Å². The highest BCUT2D eigenvalue weighted by Gasteiger charge is 2.21. The Morgan fingerprint density at radius 1 is 0.815 bits per heavy atom. The van der Waals surface area contributed by atoms with Crippen molar-refractivity contribution in [2.75, 3.05) is 0 Å². The van der Waals surface area contributed by atoms with Crippen LogP contribution in [0.2, 0.25) is 0 Å². The van der Waals surface area contributed by atoms with Crippen molar-refractivity contribution in [2.45, 2.75) is 39.3 Å². The van der Waals surface area contributed by atoms with Crippen LogP contribution in [0.4, 0.5) is 0 Å². The second kappa shape index (κ2) is 7.03. The van der Waals surface area contributed by atoms with Crippen LogP contribution in [0.25, 0.3) is 28.1 Å². The summed E-state index contributed by atoms with van der Waals surface area (Å²) in [6.07, 6.45) is 0. The quantitative estimate of drug-likeness (QED) is 0.384. The standard InChI is InChI=1S/C25H26N2/c1-17(2)20-13-10-14-21(18(3)4)24(20)27-23-16-9-8-15-22(23)26-25(27)19-11-6-5-7-12-19/h5-18H,1-4H3/i1D3,2D3,17D,18D. The molecule has 0 amide bonds. The van der Waals surface area contributed by atoms with Crippen LogP contribution in [0.1, 0.15) is 61.4 Å². The number of imidazole rings is 1. The fraction of sp³-hybridized carbons (Fsp3) is 0.240. The largest absolute Gasteiger partial charge is 0.292 e. The number of benzene rings is 3. The fourth-order valence-corrected chi connectivity index (χ4v) is 3.42. The SMILES string of the molecule is [2H]C(C)(C)c1cccc(C([2H])(C([2H])([2H])[2H])C([2H])([2H])[2H])c1-n1c(-c2ccccc2)nc2ccccc21. The first kappa shape index (κ1) is 10.5. The van der Waals surface area contributed by atoms with Crippen LogP contribution in [0.15, 0.2) is 72.8 Å². The van der Waals surface area contributed by atoms with E-state index in [1.807, 2.05) is 54.6 Å². The maximum absolute atomic E-state index is 8.97. The first-order chi connectivity index (χ1) is 16.2. The van der Waals surface area contributed by atoms with E-state index in [0.29, 0.717) is 22.4 Å². The highest BCUT2D eigenvalue weighted by atomic mass is 15.1. The minimum Gasteiger partial charge on any atom is -0.292 e. The molecule has 0 bridgehead atoms. The van der Waals surface area contributed by atoms with Gasteiger partial charge < -0.3 is 0 Å². The van der Waals surface area contributed by atoms with Crippen molar-refractivity contribution < 1.29 is 11.0 Å². The summed E-state index contributed by atoms with van der Waals surface area (Å²) in [4.78, 5) is 4.79. The Kier molecular flexibility index (Phi) is 2.73. The van der Waals surface area contributed by atoms with Crippen molar-refractivity contribution in [1.29, 1.82) is 0 Å². The molecule has 0 aliphatic rings. The van der Waals surface area contributed by atoms with E-state index in [0.717, 1.165) is 5.56 Å². The fourth-order valence-electron chi connectivity index (χ4n) is 3.42. The third-order valence-electron chi connectivity index (χ3n) is 4.66. The van der Waals surface area contributed by atoms with Crippen LogP contribution in [-0.2, 0) is 0 Å². The smallest absolute Gasteiger partial charge is 0.145 e. The van der Waals surface area contributed by atoms with E-state index in [1.54, 1.807) is 24.5 Å². The molecule has 0 atom stereocenters. The van der Waals surface area contributed by atoms with Crippen LogP contribution < -0.4 is 0 Å². The zero-order valence-electron chi connectivity index (χ0n) is 23.3. The Balaban J connectivity index is 2.25. The van der Waals surface area contributed by atoms with Crippen LogP contribution in [0, 0.1) is 0 Å². The summed E-state index contributed by atoms with van der Waals surface area (Å²) in [5, 5.41) is 0. The van der Waals surface area contributed by atoms with Crippen LogP contribution in [0.5, 0.6) is 0 Å². The van der Waals surface area contributed by atoms with Crippen molar-refractivity contribution in [3.05, 3.63) is 83.9 Å². The molecule has 1 heterocycles. The first-order valence-corrected chi connectivity index (χ1v) is 8.85. The summed E-state index contributed by atoms with van der Waals surface area (Å²) >= 11 is 0. The molecular formula is C25H26N2. The Labute approximate surface area is 172 Å². The monoisotopic (exact) mass is 362 g/mol. The lowest BCUT2D eigenvalue weighted by Gasteiger charge is -2.22. The molecule has 0 saturated heterocycles. The van der Waals surface area contributed by atoms with Gasteiger partial charge in [0, 0.05) is 16.5 Å². The van der Waals surface area contributed by atoms with E-state index in [4.69, 9.17) is 16.0 Å². The van der Waals surface area contributed by atoms with E-state index < -0.39 is 25.5 Å². The number of nitrogens with zero attached hydrogens (tertiary/aromatic N) is 2. The van der Waals surface area contributed by atoms with Gasteiger partial charge in [-0.2, -0.15) is 0 Å². The minimum absolute atomic E-state index is 0.183. The molecule has 1 aromatic heterocycles. The number of para-hydroxylation sites is 3. The number of hydrogen-bond acceptors (Lipinski definition) is 1. The molecule has 0 spiro atoms.